The van der Waals surface area contributed by atoms with Gasteiger partial charge >= 0.3 is 6.09 Å². The SMILES string of the molecule is CCOC(=O)N1C=CC2C=CC1CC2=O. The van der Waals surface area contributed by atoms with Crippen LogP contribution in [0, 0.1) is 5.92 Å². The molecule has 15 heavy (non-hydrogen) atoms. The molecule has 0 N–H and O–H groups in total. The van der Waals surface area contributed by atoms with Gasteiger partial charge in [0.2, 0.25) is 0 Å². The zero-order valence-corrected chi connectivity index (χ0v) is 8.55. The summed E-state index contributed by atoms with van der Waals surface area (Å²) in [6.07, 6.45) is 7.11. The molecule has 0 saturated heterocycles. The Labute approximate surface area is 88.2 Å². The summed E-state index contributed by atoms with van der Waals surface area (Å²) in [5.41, 5.74) is 0. The van der Waals surface area contributed by atoms with Crippen LogP contribution < -0.4 is 0 Å². The van der Waals surface area contributed by atoms with Crippen LogP contribution >= 0.6 is 0 Å². The topological polar surface area (TPSA) is 46.6 Å². The first kappa shape index (κ1) is 9.96. The summed E-state index contributed by atoms with van der Waals surface area (Å²) >= 11 is 0. The Bertz CT molecular complexity index is 346. The number of carbonyl (C=O) groups excluding carboxylic acids is 2. The van der Waals surface area contributed by atoms with Gasteiger partial charge < -0.3 is 4.74 Å². The Morgan fingerprint density at radius 2 is 2.33 bits per heavy atom. The number of hydrogen-bond acceptors (Lipinski definition) is 3. The normalized spacial score (nSPS) is 28.1. The fraction of sp³-hybridized carbons (Fsp3) is 0.455. The van der Waals surface area contributed by atoms with Gasteiger partial charge in [0.1, 0.15) is 5.78 Å². The van der Waals surface area contributed by atoms with Crippen LogP contribution in [-0.4, -0.2) is 29.4 Å². The molecule has 0 aromatic heterocycles. The highest BCUT2D eigenvalue weighted by atomic mass is 16.6. The molecule has 0 aromatic carbocycles. The molecule has 2 atom stereocenters. The standard InChI is InChI=1S/C11H13NO3/c1-2-15-11(14)12-6-5-8-3-4-9(12)7-10(8)13/h3-6,8-9H,2,7H2,1H3. The van der Waals surface area contributed by atoms with Gasteiger partial charge in [-0.25, -0.2) is 4.79 Å². The van der Waals surface area contributed by atoms with Crippen LogP contribution in [0.1, 0.15) is 13.3 Å². The quantitative estimate of drug-likeness (QED) is 0.612. The first-order chi connectivity index (χ1) is 7.22. The summed E-state index contributed by atoms with van der Waals surface area (Å²) in [7, 11) is 0. The van der Waals surface area contributed by atoms with E-state index in [0.717, 1.165) is 0 Å². The van der Waals surface area contributed by atoms with E-state index >= 15 is 0 Å². The maximum atomic E-state index is 11.6. The predicted molar refractivity (Wildman–Crippen MR) is 54.0 cm³/mol. The number of hydrogen-bond donors (Lipinski definition) is 0. The lowest BCUT2D eigenvalue weighted by atomic mass is 9.93. The van der Waals surface area contributed by atoms with E-state index in [2.05, 4.69) is 0 Å². The number of fused-ring (bicyclic) bond motifs is 2. The Hall–Kier alpha value is -1.58. The van der Waals surface area contributed by atoms with Crippen molar-refractivity contribution in [3.05, 3.63) is 24.4 Å². The molecule has 4 nitrogen and oxygen atoms in total. The van der Waals surface area contributed by atoms with E-state index in [4.69, 9.17) is 4.74 Å². The van der Waals surface area contributed by atoms with Crippen LogP contribution in [-0.2, 0) is 9.53 Å². The Morgan fingerprint density at radius 3 is 3.00 bits per heavy atom. The van der Waals surface area contributed by atoms with Crippen molar-refractivity contribution in [2.75, 3.05) is 6.61 Å². The monoisotopic (exact) mass is 207 g/mol. The molecule has 0 saturated carbocycles. The molecule has 1 aliphatic carbocycles. The molecule has 3 rings (SSSR count). The van der Waals surface area contributed by atoms with E-state index in [0.29, 0.717) is 13.0 Å². The molecule has 0 spiro atoms. The van der Waals surface area contributed by atoms with Crippen LogP contribution in [0.3, 0.4) is 0 Å². The molecule has 3 aliphatic rings. The lowest BCUT2D eigenvalue weighted by Gasteiger charge is -2.25. The zero-order valence-electron chi connectivity index (χ0n) is 8.55. The van der Waals surface area contributed by atoms with Crippen LogP contribution in [0.4, 0.5) is 4.79 Å². The van der Waals surface area contributed by atoms with Gasteiger partial charge in [-0.05, 0) is 6.92 Å². The number of ether oxygens (including phenoxy) is 1. The Morgan fingerprint density at radius 1 is 1.53 bits per heavy atom. The van der Waals surface area contributed by atoms with Crippen molar-refractivity contribution in [2.24, 2.45) is 5.92 Å². The lowest BCUT2D eigenvalue weighted by Crippen LogP contribution is -2.37. The van der Waals surface area contributed by atoms with Gasteiger partial charge in [-0.1, -0.05) is 18.2 Å². The van der Waals surface area contributed by atoms with Crippen molar-refractivity contribution in [1.29, 1.82) is 0 Å². The minimum atomic E-state index is -0.390. The van der Waals surface area contributed by atoms with Gasteiger partial charge in [-0.15, -0.1) is 0 Å². The minimum Gasteiger partial charge on any atom is -0.449 e. The van der Waals surface area contributed by atoms with Gasteiger partial charge in [-0.2, -0.15) is 0 Å². The summed E-state index contributed by atoms with van der Waals surface area (Å²) < 4.78 is 4.91. The van der Waals surface area contributed by atoms with Gasteiger partial charge in [-0.3, -0.25) is 9.69 Å². The third-order valence-corrected chi connectivity index (χ3v) is 2.61. The minimum absolute atomic E-state index is 0.158. The maximum Gasteiger partial charge on any atom is 0.414 e. The average Bonchev–Trinajstić information content (AvgIpc) is 2.49. The van der Waals surface area contributed by atoms with Gasteiger partial charge in [0.15, 0.2) is 0 Å². The fourth-order valence-corrected chi connectivity index (χ4v) is 1.82. The van der Waals surface area contributed by atoms with Gasteiger partial charge in [0.05, 0.1) is 18.6 Å². The van der Waals surface area contributed by atoms with Crippen molar-refractivity contribution in [1.82, 2.24) is 4.90 Å². The first-order valence-electron chi connectivity index (χ1n) is 5.07. The predicted octanol–water partition coefficient (Wildman–Crippen LogP) is 1.49. The fourth-order valence-electron chi connectivity index (χ4n) is 1.82. The molecule has 0 fully saturated rings. The van der Waals surface area contributed by atoms with Crippen molar-refractivity contribution >= 4 is 11.9 Å². The molecule has 4 heteroatoms. The summed E-state index contributed by atoms with van der Waals surface area (Å²) in [5, 5.41) is 0. The maximum absolute atomic E-state index is 11.6. The molecule has 2 unspecified atom stereocenters. The van der Waals surface area contributed by atoms with E-state index < -0.39 is 6.09 Å². The van der Waals surface area contributed by atoms with Gasteiger partial charge in [0, 0.05) is 12.6 Å². The average molecular weight is 207 g/mol. The van der Waals surface area contributed by atoms with Crippen LogP contribution in [0.15, 0.2) is 24.4 Å². The summed E-state index contributed by atoms with van der Waals surface area (Å²) in [6, 6.07) is -0.174. The van der Waals surface area contributed by atoms with Crippen molar-refractivity contribution in [3.8, 4) is 0 Å². The molecule has 2 bridgehead atoms. The smallest absolute Gasteiger partial charge is 0.414 e. The summed E-state index contributed by atoms with van der Waals surface area (Å²) in [6.45, 7) is 2.11. The second kappa shape index (κ2) is 3.88. The summed E-state index contributed by atoms with van der Waals surface area (Å²) in [5.74, 6) is -0.00812. The first-order valence-corrected chi connectivity index (χ1v) is 5.07. The van der Waals surface area contributed by atoms with E-state index in [1.165, 1.54) is 4.90 Å². The second-order valence-corrected chi connectivity index (χ2v) is 3.60. The van der Waals surface area contributed by atoms with E-state index in [1.54, 1.807) is 19.2 Å². The highest BCUT2D eigenvalue weighted by molar-refractivity contribution is 5.88. The molecular weight excluding hydrogens is 194 g/mol. The zero-order chi connectivity index (χ0) is 10.8. The third-order valence-electron chi connectivity index (χ3n) is 2.61. The Balaban J connectivity index is 2.19. The number of rotatable bonds is 1. The molecule has 0 aromatic rings. The van der Waals surface area contributed by atoms with Crippen molar-refractivity contribution in [3.63, 3.8) is 0 Å². The summed E-state index contributed by atoms with van der Waals surface area (Å²) in [4.78, 5) is 24.6. The van der Waals surface area contributed by atoms with Crippen LogP contribution in [0.25, 0.3) is 0 Å². The number of amides is 1. The molecule has 2 aliphatic heterocycles. The van der Waals surface area contributed by atoms with E-state index in [9.17, 15) is 9.59 Å². The molecular formula is C11H13NO3. The molecule has 2 heterocycles. The van der Waals surface area contributed by atoms with E-state index in [-0.39, 0.29) is 17.7 Å². The number of allylic oxidation sites excluding steroid dienone is 2. The molecule has 0 radical (unpaired) electrons. The second-order valence-electron chi connectivity index (χ2n) is 3.60. The number of Topliss-reactive ketones (excluding diaryl/α,β-unsaturated/α-hetero) is 1. The van der Waals surface area contributed by atoms with Crippen LogP contribution in [0.2, 0.25) is 0 Å². The lowest BCUT2D eigenvalue weighted by molar-refractivity contribution is -0.121. The van der Waals surface area contributed by atoms with Crippen LogP contribution in [0.5, 0.6) is 0 Å². The molecule has 80 valence electrons. The van der Waals surface area contributed by atoms with E-state index in [1.807, 2.05) is 12.2 Å². The van der Waals surface area contributed by atoms with Crippen molar-refractivity contribution < 1.29 is 14.3 Å². The van der Waals surface area contributed by atoms with Gasteiger partial charge in [0.25, 0.3) is 0 Å². The molecule has 1 amide bonds. The largest absolute Gasteiger partial charge is 0.449 e. The highest BCUT2D eigenvalue weighted by Gasteiger charge is 2.31. The number of ketones is 1. The number of nitrogens with zero attached hydrogens (tertiary/aromatic N) is 1. The Kier molecular flexibility index (Phi) is 2.58. The number of carbonyl (C=O) groups is 2. The third kappa shape index (κ3) is 1.79. The van der Waals surface area contributed by atoms with Crippen molar-refractivity contribution in [2.45, 2.75) is 19.4 Å². The highest BCUT2D eigenvalue weighted by Crippen LogP contribution is 2.24.